The van der Waals surface area contributed by atoms with Crippen molar-refractivity contribution in [3.8, 4) is 56.7 Å². The summed E-state index contributed by atoms with van der Waals surface area (Å²) in [6, 6.07) is 48.7. The highest BCUT2D eigenvalue weighted by Crippen LogP contribution is 2.43. The first-order chi connectivity index (χ1) is 43.1. The summed E-state index contributed by atoms with van der Waals surface area (Å²) in [5, 5.41) is 22.4. The van der Waals surface area contributed by atoms with Crippen molar-refractivity contribution in [3.63, 3.8) is 0 Å². The van der Waals surface area contributed by atoms with E-state index in [1.165, 1.54) is 0 Å². The fraction of sp³-hybridized carbons (Fsp3) is 0.319. The van der Waals surface area contributed by atoms with Crippen LogP contribution in [0, 0.1) is 0 Å². The maximum atomic E-state index is 12.8. The van der Waals surface area contributed by atoms with E-state index in [-0.39, 0.29) is 68.2 Å². The lowest BCUT2D eigenvalue weighted by Gasteiger charge is -2.43. The lowest BCUT2D eigenvalue weighted by molar-refractivity contribution is 0.00355. The minimum Gasteiger partial charge on any atom is -0.444 e. The van der Waals surface area contributed by atoms with Crippen LogP contribution in [0.4, 0.5) is 27.8 Å². The van der Waals surface area contributed by atoms with E-state index in [1.807, 2.05) is 104 Å². The fourth-order valence-corrected chi connectivity index (χ4v) is 12.4. The van der Waals surface area contributed by atoms with Crippen molar-refractivity contribution in [2.45, 2.75) is 88.2 Å². The molecule has 10 aromatic rings. The molecule has 2 atom stereocenters. The zero-order chi connectivity index (χ0) is 61.4. The van der Waals surface area contributed by atoms with Crippen LogP contribution < -0.4 is 32.3 Å². The van der Waals surface area contributed by atoms with Gasteiger partial charge in [0.05, 0.1) is 66.7 Å². The summed E-state index contributed by atoms with van der Waals surface area (Å²) >= 11 is 0. The van der Waals surface area contributed by atoms with Crippen molar-refractivity contribution in [2.75, 3.05) is 73.9 Å². The van der Waals surface area contributed by atoms with E-state index in [0.717, 1.165) is 130 Å². The Balaban J connectivity index is 0.000000197. The van der Waals surface area contributed by atoms with Crippen molar-refractivity contribution in [2.24, 2.45) is 5.73 Å². The molecule has 4 aromatic carbocycles. The van der Waals surface area contributed by atoms with E-state index in [1.54, 1.807) is 12.4 Å². The molecule has 4 fully saturated rings. The van der Waals surface area contributed by atoms with Gasteiger partial charge in [-0.25, -0.2) is 34.7 Å². The number of imidazole rings is 2. The number of aliphatic hydroxyl groups is 2. The summed E-state index contributed by atoms with van der Waals surface area (Å²) in [4.78, 5) is 46.2. The van der Waals surface area contributed by atoms with E-state index < -0.39 is 17.2 Å². The Hall–Kier alpha value is -8.44. The number of rotatable bonds is 13. The quantitative estimate of drug-likeness (QED) is 0.0626. The first-order valence-corrected chi connectivity index (χ1v) is 30.5. The minimum atomic E-state index is -0.579. The molecule has 2 saturated carbocycles. The van der Waals surface area contributed by atoms with Crippen LogP contribution in [0.15, 0.2) is 158 Å². The van der Waals surface area contributed by atoms with Crippen molar-refractivity contribution in [3.05, 3.63) is 169 Å². The first-order valence-electron chi connectivity index (χ1n) is 30.5. The van der Waals surface area contributed by atoms with Crippen molar-refractivity contribution in [1.29, 1.82) is 0 Å². The molecule has 2 aliphatic carbocycles. The number of benzene rings is 4. The molecule has 92 heavy (non-hydrogen) atoms. The number of ether oxygens (including phenoxy) is 3. The molecule has 0 spiro atoms. The number of carbonyl (C=O) groups excluding carboxylic acids is 1. The Bertz CT molecular complexity index is 4210. The van der Waals surface area contributed by atoms with Gasteiger partial charge < -0.3 is 56.7 Å². The summed E-state index contributed by atoms with van der Waals surface area (Å²) in [5.41, 5.74) is 32.1. The molecule has 14 rings (SSSR count). The number of nitrogen functional groups attached to an aromatic ring is 2. The summed E-state index contributed by atoms with van der Waals surface area (Å²) in [6.45, 7) is 9.54. The summed E-state index contributed by atoms with van der Waals surface area (Å²) in [5.74, 6) is 2.11. The number of alkyl carbamates (subject to hydrolysis) is 1. The Morgan fingerprint density at radius 3 is 1.45 bits per heavy atom. The van der Waals surface area contributed by atoms with Crippen LogP contribution in [0.3, 0.4) is 0 Å². The van der Waals surface area contributed by atoms with Crippen LogP contribution in [0.1, 0.15) is 70.4 Å². The number of nitrogens with two attached hydrogens (primary N) is 3. The molecule has 23 heteroatoms. The molecule has 0 bridgehead atoms. The van der Waals surface area contributed by atoms with Gasteiger partial charge in [0, 0.05) is 78.0 Å². The molecule has 480 valence electrons. The zero-order valence-corrected chi connectivity index (χ0v) is 54.0. The maximum Gasteiger partial charge on any atom is 0.408 e. The van der Waals surface area contributed by atoms with E-state index in [9.17, 15) is 15.0 Å². The van der Waals surface area contributed by atoms with Gasteiger partial charge in [-0.3, -0.25) is 9.13 Å². The van der Waals surface area contributed by atoms with E-state index in [4.69, 9.17) is 51.3 Å². The van der Waals surface area contributed by atoms with Crippen LogP contribution in [-0.4, -0.2) is 126 Å². The normalized spacial score (nSPS) is 17.4. The van der Waals surface area contributed by atoms with Gasteiger partial charge >= 0.3 is 6.09 Å². The molecule has 2 saturated heterocycles. The van der Waals surface area contributed by atoms with Crippen molar-refractivity contribution < 1.29 is 29.2 Å². The third kappa shape index (κ3) is 13.6. The SMILES string of the molecule is CC(C)(C)OC(=O)NC1(c2ccc(-n3c(-c4cccnc4N)nc4ccc(-c5cccc(N6CCO[C@H](CO)C6)c5)nc43)cc2)CCC1.Cl.Cl.Cl.Nc1ncccc1-c1nc2ccc(-c3cccc(N4CCO[C@H](CO)C4)c3)nc2n1-c1ccc(C2(N)CCC2)cc1. The number of halogens is 3. The predicted octanol–water partition coefficient (Wildman–Crippen LogP) is 11.4. The van der Waals surface area contributed by atoms with Crippen LogP contribution in [0.25, 0.3) is 79.0 Å². The van der Waals surface area contributed by atoms with Gasteiger partial charge in [-0.05, 0) is 167 Å². The molecule has 0 radical (unpaired) electrons. The average Bonchev–Trinajstić information content (AvgIpc) is 1.57. The number of hydrogen-bond donors (Lipinski definition) is 6. The molecule has 6 aromatic heterocycles. The third-order valence-electron chi connectivity index (χ3n) is 17.4. The van der Waals surface area contributed by atoms with Gasteiger partial charge in [0.15, 0.2) is 22.9 Å². The van der Waals surface area contributed by atoms with Gasteiger partial charge in [-0.2, -0.15) is 0 Å². The number of morpholine rings is 2. The lowest BCUT2D eigenvalue weighted by atomic mass is 9.72. The average molecular weight is 1300 g/mol. The molecule has 2 aliphatic heterocycles. The molecule has 4 aliphatic rings. The number of anilines is 4. The van der Waals surface area contributed by atoms with E-state index >= 15 is 0 Å². The minimum absolute atomic E-state index is 0. The Morgan fingerprint density at radius 1 is 0.587 bits per heavy atom. The van der Waals surface area contributed by atoms with Crippen LogP contribution in [0.2, 0.25) is 0 Å². The highest BCUT2D eigenvalue weighted by Gasteiger charge is 2.41. The highest BCUT2D eigenvalue weighted by atomic mass is 35.5. The summed E-state index contributed by atoms with van der Waals surface area (Å²) < 4.78 is 21.0. The van der Waals surface area contributed by atoms with Crippen molar-refractivity contribution >= 4 is 88.7 Å². The third-order valence-corrected chi connectivity index (χ3v) is 17.4. The Morgan fingerprint density at radius 2 is 1.04 bits per heavy atom. The van der Waals surface area contributed by atoms with Gasteiger partial charge in [0.1, 0.15) is 28.3 Å². The second-order valence-corrected chi connectivity index (χ2v) is 24.5. The number of carbonyl (C=O) groups is 1. The number of nitrogens with one attached hydrogen (secondary N) is 1. The maximum absolute atomic E-state index is 12.8. The van der Waals surface area contributed by atoms with Crippen molar-refractivity contribution in [1.82, 2.24) is 44.4 Å². The van der Waals surface area contributed by atoms with Gasteiger partial charge in [0.25, 0.3) is 0 Å². The van der Waals surface area contributed by atoms with E-state index in [0.29, 0.717) is 60.8 Å². The monoisotopic (exact) mass is 1300 g/mol. The second-order valence-electron chi connectivity index (χ2n) is 24.5. The molecular weight excluding hydrogens is 1230 g/mol. The highest BCUT2D eigenvalue weighted by molar-refractivity contribution is 5.87. The first kappa shape index (κ1) is 66.5. The number of nitrogens with zero attached hydrogens (tertiary/aromatic N) is 10. The summed E-state index contributed by atoms with van der Waals surface area (Å²) in [7, 11) is 0. The van der Waals surface area contributed by atoms with E-state index in [2.05, 4.69) is 96.4 Å². The number of hydrogen-bond acceptors (Lipinski definition) is 17. The number of pyridine rings is 4. The molecule has 9 N–H and O–H groups in total. The lowest BCUT2D eigenvalue weighted by Crippen LogP contribution is -2.52. The molecular formula is C69H77Cl3N14O6. The number of amides is 1. The Kier molecular flexibility index (Phi) is 20.1. The van der Waals surface area contributed by atoms with Crippen LogP contribution in [-0.2, 0) is 25.3 Å². The largest absolute Gasteiger partial charge is 0.444 e. The van der Waals surface area contributed by atoms with Gasteiger partial charge in [-0.1, -0.05) is 48.5 Å². The molecule has 1 amide bonds. The summed E-state index contributed by atoms with van der Waals surface area (Å²) in [6.07, 6.45) is 8.42. The van der Waals surface area contributed by atoms with Crippen LogP contribution in [0.5, 0.6) is 0 Å². The number of fused-ring (bicyclic) bond motifs is 2. The number of aromatic nitrogens is 8. The molecule has 20 nitrogen and oxygen atoms in total. The zero-order valence-electron chi connectivity index (χ0n) is 51.5. The standard InChI is InChI=1S/C37H41N7O4.C32H33N7O2.3ClH/c1-36(2,3)48-35(46)42-37(16-6-17-37)25-10-12-26(13-11-25)44-33(29-9-5-18-39-32(29)38)41-31-15-14-30(40-34(31)44)24-7-4-8-27(21-24)43-19-20-47-28(22-43)23-45;33-29-26(6-2-15-35-29)30-37-28-12-11-27(21-4-1-5-24(18-21)38-16-17-41-25(19-38)20-40)36-31(28)39(30)23-9-7-22(8-10-23)32(34)13-3-14-32;;;/h4-5,7-15,18,21,28,45H,6,16-17,19-20,22-23H2,1-3H3,(H2,38,39)(H,42,46);1-2,4-12,15,18,25,40H,3,13-14,16-17,19-20,34H2,(H2,33,35);3*1H/t28-;25-;;;/m00.../s1. The smallest absolute Gasteiger partial charge is 0.408 e. The van der Waals surface area contributed by atoms with Gasteiger partial charge in [0.2, 0.25) is 0 Å². The molecule has 0 unspecified atom stereocenters. The topological polar surface area (TPSA) is 269 Å². The van der Waals surface area contributed by atoms with Gasteiger partial charge in [-0.15, -0.1) is 37.2 Å². The fourth-order valence-electron chi connectivity index (χ4n) is 12.4. The molecule has 8 heterocycles. The second kappa shape index (κ2) is 27.8. The number of aliphatic hydroxyl groups excluding tert-OH is 2. The predicted molar refractivity (Wildman–Crippen MR) is 368 cm³/mol. The Labute approximate surface area is 552 Å². The van der Waals surface area contributed by atoms with Crippen LogP contribution >= 0.6 is 37.2 Å².